The van der Waals surface area contributed by atoms with E-state index in [1.165, 1.54) is 25.5 Å². The van der Waals surface area contributed by atoms with Crippen molar-refractivity contribution in [2.45, 2.75) is 108 Å². The Kier molecular flexibility index (Phi) is 25.4. The molecule has 7 heterocycles. The van der Waals surface area contributed by atoms with Gasteiger partial charge in [-0.1, -0.05) is 50.7 Å². The SMILES string of the molecule is CO.COC(=O)C1=Cc2cc(OC)ccc2-c2c(C3CCCCC3)c3ccc(C(=O)NS(=O)(=O)NCCN4CCNCC4)cc3n2C1.COc1ccc2c(c1)C=C(C(=O)O)Cn1c-2c(C2CCCCC2)c2ccc(C(=O)NS(=O)(=O)NCCN3CCNCC3)cc21.OCC1CCCO1. The van der Waals surface area contributed by atoms with Gasteiger partial charge < -0.3 is 54.0 Å². The second-order valence-electron chi connectivity index (χ2n) is 25.5. The van der Waals surface area contributed by atoms with E-state index >= 15 is 0 Å². The third-order valence-corrected chi connectivity index (χ3v) is 21.4. The van der Waals surface area contributed by atoms with Crippen molar-refractivity contribution in [2.24, 2.45) is 0 Å². The first-order valence-electron chi connectivity index (χ1n) is 34.0. The number of nitrogens with zero attached hydrogens (tertiary/aromatic N) is 4. The zero-order valence-corrected chi connectivity index (χ0v) is 58.1. The number of rotatable bonds is 19. The van der Waals surface area contributed by atoms with Crippen LogP contribution < -0.4 is 39.0 Å². The number of aliphatic hydroxyl groups is 2. The van der Waals surface area contributed by atoms with Crippen molar-refractivity contribution in [3.8, 4) is 34.0 Å². The summed E-state index contributed by atoms with van der Waals surface area (Å²) < 4.78 is 85.7. The molecule has 0 radical (unpaired) electrons. The highest BCUT2D eigenvalue weighted by Gasteiger charge is 2.34. The zero-order valence-electron chi connectivity index (χ0n) is 56.5. The van der Waals surface area contributed by atoms with Crippen LogP contribution in [0.25, 0.3) is 56.5 Å². The van der Waals surface area contributed by atoms with E-state index in [-0.39, 0.29) is 61.5 Å². The summed E-state index contributed by atoms with van der Waals surface area (Å²) in [7, 11) is -2.59. The smallest absolute Gasteiger partial charge is 0.335 e. The fourth-order valence-corrected chi connectivity index (χ4v) is 16.1. The van der Waals surface area contributed by atoms with E-state index < -0.39 is 44.2 Å². The molecule has 1 atom stereocenters. The fraction of sp³-hybridized carbons (Fsp3) is 0.493. The molecule has 0 spiro atoms. The van der Waals surface area contributed by atoms with E-state index in [1.54, 1.807) is 44.6 Å². The number of nitrogens with one attached hydrogen (secondary N) is 6. The van der Waals surface area contributed by atoms with Gasteiger partial charge in [-0.05, 0) is 145 Å². The van der Waals surface area contributed by atoms with Crippen LogP contribution in [0.1, 0.15) is 132 Å². The molecule has 9 N–H and O–H groups in total. The summed E-state index contributed by atoms with van der Waals surface area (Å²) >= 11 is 0. The summed E-state index contributed by atoms with van der Waals surface area (Å²) in [6, 6.07) is 22.1. The molecule has 1 unspecified atom stereocenters. The van der Waals surface area contributed by atoms with Gasteiger partial charge in [-0.3, -0.25) is 19.4 Å². The molecule has 5 aliphatic heterocycles. The standard InChI is InChI=1S/C33H41N5O6S.C32H39N5O6S.C5H10O2.CH4O/c1-43-26-9-11-27-24(19-26)18-25(33(40)44-2)21-38-29-20-23(8-10-28(29)30(31(27)38)22-6-4-3-5-7-22)32(39)36-45(41,42)35-14-17-37-15-12-34-13-16-37;1-43-25-8-10-26-23(18-25)17-24(32(39)40)20-37-28-19-22(7-9-27(28)29(30(26)37)21-5-3-2-4-6-21)31(38)35-44(41,42)34-13-16-36-14-11-33-12-15-36;6-4-5-2-1-3-7-5;1-2/h8-11,18-20,22,34-35H,3-7,12-17,21H2,1-2H3,(H,36,39);7-10,17-19,21,33-34H,2-6,11-16,20H2,1H3,(H,35,38)(H,39,40);5-6H,1-4H2;2H,1H3. The minimum Gasteiger partial charge on any atom is -0.497 e. The molecule has 2 saturated carbocycles. The number of aromatic nitrogens is 2. The first kappa shape index (κ1) is 73.2. The average molecular weight is 1390 g/mol. The van der Waals surface area contributed by atoms with E-state index in [9.17, 15) is 41.1 Å². The summed E-state index contributed by atoms with van der Waals surface area (Å²) in [5.74, 6) is -1.03. The normalized spacial score (nSPS) is 18.4. The number of carbonyl (C=O) groups excluding carboxylic acids is 3. The molecule has 530 valence electrons. The van der Waals surface area contributed by atoms with Crippen molar-refractivity contribution >= 4 is 78.1 Å². The maximum absolute atomic E-state index is 13.3. The number of esters is 1. The van der Waals surface area contributed by atoms with Crippen LogP contribution in [0.3, 0.4) is 0 Å². The monoisotopic (exact) mass is 1390 g/mol. The van der Waals surface area contributed by atoms with Crippen LogP contribution in [-0.2, 0) is 52.6 Å². The number of aliphatic hydroxyl groups excluding tert-OH is 2. The van der Waals surface area contributed by atoms with Gasteiger partial charge in [0.1, 0.15) is 11.5 Å². The zero-order chi connectivity index (χ0) is 69.5. The van der Waals surface area contributed by atoms with Gasteiger partial charge in [0.2, 0.25) is 0 Å². The number of methoxy groups -OCH3 is 3. The summed E-state index contributed by atoms with van der Waals surface area (Å²) in [5, 5.41) is 34.1. The van der Waals surface area contributed by atoms with Gasteiger partial charge in [-0.15, -0.1) is 0 Å². The third kappa shape index (κ3) is 17.7. The van der Waals surface area contributed by atoms with E-state index in [0.29, 0.717) is 41.6 Å². The molecular weight excluding hydrogens is 1300 g/mol. The fourth-order valence-electron chi connectivity index (χ4n) is 14.5. The highest BCUT2D eigenvalue weighted by atomic mass is 32.2. The number of fused-ring (bicyclic) bond motifs is 10. The summed E-state index contributed by atoms with van der Waals surface area (Å²) in [6.45, 7) is 9.72. The Morgan fingerprint density at radius 2 is 1.01 bits per heavy atom. The number of piperazine rings is 2. The molecule has 4 aromatic carbocycles. The first-order valence-corrected chi connectivity index (χ1v) is 37.0. The Hall–Kier alpha value is -7.54. The van der Waals surface area contributed by atoms with Crippen molar-refractivity contribution in [2.75, 3.05) is 120 Å². The van der Waals surface area contributed by atoms with Crippen LogP contribution >= 0.6 is 0 Å². The molecule has 0 bridgehead atoms. The van der Waals surface area contributed by atoms with Crippen LogP contribution in [0.15, 0.2) is 83.9 Å². The summed E-state index contributed by atoms with van der Waals surface area (Å²) in [6.07, 6.45) is 16.9. The number of benzene rings is 4. The van der Waals surface area contributed by atoms with Gasteiger partial charge in [-0.2, -0.15) is 26.3 Å². The van der Waals surface area contributed by atoms with Crippen LogP contribution in [0.5, 0.6) is 11.5 Å². The Morgan fingerprint density at radius 1 is 0.571 bits per heavy atom. The number of carbonyl (C=O) groups is 4. The largest absolute Gasteiger partial charge is 0.497 e. The minimum atomic E-state index is -4.08. The molecule has 7 aliphatic rings. The van der Waals surface area contributed by atoms with Crippen molar-refractivity contribution in [3.05, 3.63) is 117 Å². The number of carboxylic acid groups (broad SMARTS) is 1. The van der Waals surface area contributed by atoms with E-state index in [4.69, 9.17) is 29.2 Å². The highest BCUT2D eigenvalue weighted by Crippen LogP contribution is 2.49. The summed E-state index contributed by atoms with van der Waals surface area (Å²) in [5.41, 5.74) is 10.3. The predicted octanol–water partition coefficient (Wildman–Crippen LogP) is 6.49. The van der Waals surface area contributed by atoms with Crippen LogP contribution in [0, 0.1) is 0 Å². The number of aliphatic carboxylic acids is 1. The van der Waals surface area contributed by atoms with Gasteiger partial charge >= 0.3 is 32.4 Å². The molecule has 13 rings (SSSR count). The highest BCUT2D eigenvalue weighted by molar-refractivity contribution is 7.88. The molecule has 2 amide bonds. The van der Waals surface area contributed by atoms with Crippen molar-refractivity contribution in [1.29, 1.82) is 0 Å². The lowest BCUT2D eigenvalue weighted by atomic mass is 9.81. The maximum atomic E-state index is 13.3. The lowest BCUT2D eigenvalue weighted by Crippen LogP contribution is -2.48. The quantitative estimate of drug-likeness (QED) is 0.0392. The molecule has 25 nitrogen and oxygen atoms in total. The van der Waals surface area contributed by atoms with Gasteiger partial charge in [-0.25, -0.2) is 19.0 Å². The molecule has 5 fully saturated rings. The Bertz CT molecular complexity index is 4120. The van der Waals surface area contributed by atoms with Crippen molar-refractivity contribution in [3.63, 3.8) is 0 Å². The topological polar surface area (TPSA) is 323 Å². The van der Waals surface area contributed by atoms with E-state index in [2.05, 4.69) is 43.9 Å². The number of ether oxygens (including phenoxy) is 4. The Morgan fingerprint density at radius 3 is 1.40 bits per heavy atom. The molecule has 2 aromatic heterocycles. The van der Waals surface area contributed by atoms with E-state index in [1.807, 2.05) is 59.2 Å². The Balaban J connectivity index is 0.000000189. The van der Waals surface area contributed by atoms with Gasteiger partial charge in [0.15, 0.2) is 0 Å². The molecule has 98 heavy (non-hydrogen) atoms. The van der Waals surface area contributed by atoms with Gasteiger partial charge in [0.25, 0.3) is 11.8 Å². The molecule has 27 heteroatoms. The second kappa shape index (κ2) is 34.0. The van der Waals surface area contributed by atoms with E-state index in [0.717, 1.165) is 186 Å². The molecule has 2 aliphatic carbocycles. The van der Waals surface area contributed by atoms with Crippen LogP contribution in [0.2, 0.25) is 0 Å². The maximum Gasteiger partial charge on any atom is 0.335 e. The lowest BCUT2D eigenvalue weighted by Gasteiger charge is -2.27. The van der Waals surface area contributed by atoms with Gasteiger partial charge in [0, 0.05) is 136 Å². The number of carboxylic acids is 1. The molecule has 3 saturated heterocycles. The predicted molar refractivity (Wildman–Crippen MR) is 377 cm³/mol. The first-order chi connectivity index (χ1) is 47.4. The molecular formula is C71H94N10O15S2. The second-order valence-corrected chi connectivity index (χ2v) is 28.5. The number of hydrogen-bond donors (Lipinski definition) is 9. The summed E-state index contributed by atoms with van der Waals surface area (Å²) in [4.78, 5) is 56.3. The van der Waals surface area contributed by atoms with Crippen LogP contribution in [0.4, 0.5) is 0 Å². The van der Waals surface area contributed by atoms with Crippen molar-refractivity contribution in [1.82, 2.24) is 48.5 Å². The Labute approximate surface area is 573 Å². The van der Waals surface area contributed by atoms with Crippen molar-refractivity contribution < 1.29 is 70.3 Å². The third-order valence-electron chi connectivity index (χ3n) is 19.4. The minimum absolute atomic E-state index is 0.0990. The lowest BCUT2D eigenvalue weighted by molar-refractivity contribution is -0.136. The average Bonchev–Trinajstić information content (AvgIpc) is 1.58. The van der Waals surface area contributed by atoms with Gasteiger partial charge in [0.05, 0.1) is 69.7 Å². The molecule has 6 aromatic rings. The van der Waals surface area contributed by atoms with Crippen LogP contribution in [-0.4, -0.2) is 201 Å². The number of amides is 2. The number of hydrogen-bond acceptors (Lipinski definition) is 18.